The molecule has 23 heavy (non-hydrogen) atoms. The van der Waals surface area contributed by atoms with E-state index in [0.29, 0.717) is 12.8 Å². The van der Waals surface area contributed by atoms with Crippen LogP contribution in [0.5, 0.6) is 0 Å². The molecule has 1 N–H and O–H groups in total. The highest BCUT2D eigenvalue weighted by Gasteiger charge is 2.37. The van der Waals surface area contributed by atoms with Crippen molar-refractivity contribution in [3.8, 4) is 0 Å². The molecular formula is C14H18N2O6S. The van der Waals surface area contributed by atoms with Gasteiger partial charge in [0.05, 0.1) is 15.7 Å². The molecule has 126 valence electrons. The summed E-state index contributed by atoms with van der Waals surface area (Å²) in [6, 6.07) is 3.29. The highest BCUT2D eigenvalue weighted by molar-refractivity contribution is 7.89. The standard InChI is InChI=1S/C14H18N2O6S/c1-9-7-12(5-6-13(9)16(19)20)23(21,22)15-8-11(14(17)18)4-3-10(15)2/h5-7,10-11H,3-4,8H2,1-2H3,(H,17,18). The molecule has 8 nitrogen and oxygen atoms in total. The van der Waals surface area contributed by atoms with E-state index in [1.807, 2.05) is 0 Å². The lowest BCUT2D eigenvalue weighted by atomic mass is 9.96. The zero-order valence-electron chi connectivity index (χ0n) is 12.8. The molecule has 0 spiro atoms. The van der Waals surface area contributed by atoms with Gasteiger partial charge in [0, 0.05) is 24.2 Å². The molecule has 1 aliphatic rings. The Morgan fingerprint density at radius 1 is 1.39 bits per heavy atom. The molecule has 2 atom stereocenters. The van der Waals surface area contributed by atoms with Gasteiger partial charge in [-0.25, -0.2) is 8.42 Å². The predicted molar refractivity (Wildman–Crippen MR) is 81.5 cm³/mol. The van der Waals surface area contributed by atoms with Gasteiger partial charge in [-0.15, -0.1) is 0 Å². The van der Waals surface area contributed by atoms with Crippen LogP contribution in [0.1, 0.15) is 25.3 Å². The van der Waals surface area contributed by atoms with Gasteiger partial charge in [-0.1, -0.05) is 0 Å². The summed E-state index contributed by atoms with van der Waals surface area (Å²) in [6.07, 6.45) is 0.893. The fraction of sp³-hybridized carbons (Fsp3) is 0.500. The van der Waals surface area contributed by atoms with Crippen LogP contribution in [0.25, 0.3) is 0 Å². The van der Waals surface area contributed by atoms with Gasteiger partial charge in [0.1, 0.15) is 0 Å². The molecule has 0 amide bonds. The molecule has 9 heteroatoms. The van der Waals surface area contributed by atoms with E-state index in [1.54, 1.807) is 6.92 Å². The zero-order chi connectivity index (χ0) is 17.4. The number of hydrogen-bond acceptors (Lipinski definition) is 5. The number of nitrogens with zero attached hydrogens (tertiary/aromatic N) is 2. The Kier molecular flexibility index (Phi) is 4.71. The van der Waals surface area contributed by atoms with Crippen LogP contribution in [-0.2, 0) is 14.8 Å². The number of aliphatic carboxylic acids is 1. The first-order chi connectivity index (χ1) is 10.6. The maximum atomic E-state index is 12.8. The van der Waals surface area contributed by atoms with Gasteiger partial charge in [0.15, 0.2) is 0 Å². The summed E-state index contributed by atoms with van der Waals surface area (Å²) in [4.78, 5) is 21.4. The summed E-state index contributed by atoms with van der Waals surface area (Å²) in [5.41, 5.74) is 0.0922. The number of sulfonamides is 1. The lowest BCUT2D eigenvalue weighted by Gasteiger charge is -2.35. The average Bonchev–Trinajstić information content (AvgIpc) is 2.46. The van der Waals surface area contributed by atoms with E-state index in [2.05, 4.69) is 0 Å². The van der Waals surface area contributed by atoms with Gasteiger partial charge in [0.2, 0.25) is 10.0 Å². The number of piperidine rings is 1. The SMILES string of the molecule is Cc1cc(S(=O)(=O)N2CC(C(=O)O)CCC2C)ccc1[N+](=O)[O-]. The Bertz CT molecular complexity index is 746. The number of benzene rings is 1. The molecule has 1 aromatic rings. The summed E-state index contributed by atoms with van der Waals surface area (Å²) in [6.45, 7) is 3.11. The molecule has 0 bridgehead atoms. The van der Waals surface area contributed by atoms with E-state index >= 15 is 0 Å². The van der Waals surface area contributed by atoms with E-state index in [9.17, 15) is 23.3 Å². The van der Waals surface area contributed by atoms with Crippen molar-refractivity contribution >= 4 is 21.7 Å². The predicted octanol–water partition coefficient (Wildman–Crippen LogP) is 1.78. The number of hydrogen-bond donors (Lipinski definition) is 1. The minimum atomic E-state index is -3.90. The van der Waals surface area contributed by atoms with Crippen molar-refractivity contribution in [2.24, 2.45) is 5.92 Å². The van der Waals surface area contributed by atoms with Gasteiger partial charge < -0.3 is 5.11 Å². The summed E-state index contributed by atoms with van der Waals surface area (Å²) in [7, 11) is -3.90. The number of carboxylic acid groups (broad SMARTS) is 1. The third kappa shape index (κ3) is 3.35. The van der Waals surface area contributed by atoms with Crippen LogP contribution < -0.4 is 0 Å². The first-order valence-electron chi connectivity index (χ1n) is 7.14. The van der Waals surface area contributed by atoms with Crippen LogP contribution in [0.15, 0.2) is 23.1 Å². The molecule has 1 aromatic carbocycles. The topological polar surface area (TPSA) is 118 Å². The van der Waals surface area contributed by atoms with Gasteiger partial charge in [-0.3, -0.25) is 14.9 Å². The number of nitro benzene ring substituents is 1. The van der Waals surface area contributed by atoms with Gasteiger partial charge in [-0.2, -0.15) is 4.31 Å². The molecule has 1 aliphatic heterocycles. The first-order valence-corrected chi connectivity index (χ1v) is 8.58. The van der Waals surface area contributed by atoms with Crippen LogP contribution in [0.3, 0.4) is 0 Å². The Balaban J connectivity index is 2.38. The number of aryl methyl sites for hydroxylation is 1. The Labute approximate surface area is 133 Å². The smallest absolute Gasteiger partial charge is 0.307 e. The van der Waals surface area contributed by atoms with Crippen LogP contribution in [0.4, 0.5) is 5.69 Å². The second kappa shape index (κ2) is 6.25. The monoisotopic (exact) mass is 342 g/mol. The Morgan fingerprint density at radius 2 is 2.04 bits per heavy atom. The summed E-state index contributed by atoms with van der Waals surface area (Å²) in [5.74, 6) is -1.75. The zero-order valence-corrected chi connectivity index (χ0v) is 13.6. The van der Waals surface area contributed by atoms with Gasteiger partial charge >= 0.3 is 5.97 Å². The molecular weight excluding hydrogens is 324 g/mol. The normalized spacial score (nSPS) is 22.7. The minimum Gasteiger partial charge on any atom is -0.481 e. The fourth-order valence-electron chi connectivity index (χ4n) is 2.74. The van der Waals surface area contributed by atoms with Crippen LogP contribution in [0, 0.1) is 23.0 Å². The summed E-state index contributed by atoms with van der Waals surface area (Å²) < 4.78 is 26.7. The second-order valence-corrected chi connectivity index (χ2v) is 7.63. The van der Waals surface area contributed by atoms with E-state index in [0.717, 1.165) is 6.07 Å². The molecule has 2 unspecified atom stereocenters. The number of nitro groups is 1. The number of rotatable bonds is 4. The third-order valence-corrected chi connectivity index (χ3v) is 6.12. The van der Waals surface area contributed by atoms with E-state index in [-0.39, 0.29) is 28.7 Å². The molecule has 0 aromatic heterocycles. The maximum absolute atomic E-state index is 12.8. The van der Waals surface area contributed by atoms with E-state index < -0.39 is 26.8 Å². The number of carboxylic acids is 1. The van der Waals surface area contributed by atoms with Crippen LogP contribution in [-0.4, -0.2) is 41.3 Å². The molecule has 1 fully saturated rings. The molecule has 1 heterocycles. The van der Waals surface area contributed by atoms with Crippen molar-refractivity contribution in [2.45, 2.75) is 37.6 Å². The van der Waals surface area contributed by atoms with Crippen molar-refractivity contribution in [1.29, 1.82) is 0 Å². The molecule has 2 rings (SSSR count). The largest absolute Gasteiger partial charge is 0.481 e. The van der Waals surface area contributed by atoms with Crippen molar-refractivity contribution in [3.05, 3.63) is 33.9 Å². The highest BCUT2D eigenvalue weighted by atomic mass is 32.2. The minimum absolute atomic E-state index is 0.0570. The third-order valence-electron chi connectivity index (χ3n) is 4.15. The first kappa shape index (κ1) is 17.4. The quantitative estimate of drug-likeness (QED) is 0.658. The average molecular weight is 342 g/mol. The fourth-order valence-corrected chi connectivity index (χ4v) is 4.53. The van der Waals surface area contributed by atoms with Gasteiger partial charge in [-0.05, 0) is 38.8 Å². The van der Waals surface area contributed by atoms with E-state index in [4.69, 9.17) is 5.11 Å². The Hall–Kier alpha value is -2.00. The van der Waals surface area contributed by atoms with Crippen molar-refractivity contribution < 1.29 is 23.2 Å². The lowest BCUT2D eigenvalue weighted by Crippen LogP contribution is -2.47. The summed E-state index contributed by atoms with van der Waals surface area (Å²) in [5, 5.41) is 20.0. The van der Waals surface area contributed by atoms with Crippen LogP contribution in [0.2, 0.25) is 0 Å². The summed E-state index contributed by atoms with van der Waals surface area (Å²) >= 11 is 0. The van der Waals surface area contributed by atoms with Crippen molar-refractivity contribution in [3.63, 3.8) is 0 Å². The van der Waals surface area contributed by atoms with E-state index in [1.165, 1.54) is 23.4 Å². The van der Waals surface area contributed by atoms with Crippen molar-refractivity contribution in [1.82, 2.24) is 4.31 Å². The second-order valence-electron chi connectivity index (χ2n) is 5.74. The lowest BCUT2D eigenvalue weighted by molar-refractivity contribution is -0.385. The van der Waals surface area contributed by atoms with Crippen LogP contribution >= 0.6 is 0 Å². The molecule has 0 aliphatic carbocycles. The molecule has 0 saturated carbocycles. The molecule has 0 radical (unpaired) electrons. The maximum Gasteiger partial charge on any atom is 0.307 e. The Morgan fingerprint density at radius 3 is 2.57 bits per heavy atom. The number of carbonyl (C=O) groups is 1. The van der Waals surface area contributed by atoms with Gasteiger partial charge in [0.25, 0.3) is 5.69 Å². The molecule has 1 saturated heterocycles. The van der Waals surface area contributed by atoms with Crippen molar-refractivity contribution in [2.75, 3.05) is 6.54 Å². The highest BCUT2D eigenvalue weighted by Crippen LogP contribution is 2.30.